The molecular formula is C14H13F3O6S. The average molecular weight is 366 g/mol. The number of hydrogen-bond donors (Lipinski definition) is 0. The first-order chi connectivity index (χ1) is 11.3. The molecule has 0 spiro atoms. The molecule has 3 atom stereocenters. The molecule has 0 amide bonds. The molecule has 10 heteroatoms. The maximum Gasteiger partial charge on any atom is 0.534 e. The van der Waals surface area contributed by atoms with Gasteiger partial charge in [0.25, 0.3) is 0 Å². The molecule has 1 aromatic carbocycles. The summed E-state index contributed by atoms with van der Waals surface area (Å²) in [5.74, 6) is -0.584. The van der Waals surface area contributed by atoms with Crippen molar-refractivity contribution in [2.75, 3.05) is 6.61 Å². The number of fused-ring (bicyclic) bond motifs is 2. The first-order valence-electron chi connectivity index (χ1n) is 6.91. The second-order valence-electron chi connectivity index (χ2n) is 5.15. The Morgan fingerprint density at radius 2 is 1.92 bits per heavy atom. The lowest BCUT2D eigenvalue weighted by Crippen LogP contribution is -2.36. The van der Waals surface area contributed by atoms with Crippen molar-refractivity contribution in [2.45, 2.75) is 30.6 Å². The van der Waals surface area contributed by atoms with E-state index in [1.807, 2.05) is 30.3 Å². The van der Waals surface area contributed by atoms with E-state index in [2.05, 4.69) is 4.18 Å². The van der Waals surface area contributed by atoms with Gasteiger partial charge < -0.3 is 18.4 Å². The highest BCUT2D eigenvalue weighted by molar-refractivity contribution is 7.87. The van der Waals surface area contributed by atoms with E-state index in [9.17, 15) is 21.6 Å². The van der Waals surface area contributed by atoms with Gasteiger partial charge >= 0.3 is 15.6 Å². The summed E-state index contributed by atoms with van der Waals surface area (Å²) in [5, 5.41) is 0. The molecule has 6 nitrogen and oxygen atoms in total. The summed E-state index contributed by atoms with van der Waals surface area (Å²) < 4.78 is 79.7. The number of hydrogen-bond acceptors (Lipinski definition) is 6. The molecule has 0 aromatic heterocycles. The third-order valence-electron chi connectivity index (χ3n) is 3.41. The van der Waals surface area contributed by atoms with Crippen molar-refractivity contribution in [3.63, 3.8) is 0 Å². The summed E-state index contributed by atoms with van der Waals surface area (Å²) in [5.41, 5.74) is -4.69. The molecule has 1 fully saturated rings. The van der Waals surface area contributed by atoms with E-state index in [0.29, 0.717) is 0 Å². The third kappa shape index (κ3) is 3.56. The molecule has 1 aromatic rings. The summed E-state index contributed by atoms with van der Waals surface area (Å²) >= 11 is 0. The summed E-state index contributed by atoms with van der Waals surface area (Å²) in [6, 6.07) is 9.08. The summed E-state index contributed by atoms with van der Waals surface area (Å²) in [6.45, 7) is 0.228. The van der Waals surface area contributed by atoms with Crippen LogP contribution < -0.4 is 0 Å². The van der Waals surface area contributed by atoms with Crippen LogP contribution >= 0.6 is 0 Å². The fraction of sp³-hybridized carbons (Fsp3) is 0.429. The Labute approximate surface area is 135 Å². The SMILES string of the molecule is O=S(=O)(OC1=C[C@H](OCc2ccccc2)C2CO[C@@H]1O2)C(F)(F)F. The Hall–Kier alpha value is -1.62. The van der Waals surface area contributed by atoms with Gasteiger partial charge in [-0.2, -0.15) is 21.6 Å². The lowest BCUT2D eigenvalue weighted by atomic mass is 10.1. The summed E-state index contributed by atoms with van der Waals surface area (Å²) in [4.78, 5) is 0. The molecular weight excluding hydrogens is 353 g/mol. The maximum absolute atomic E-state index is 12.4. The number of ether oxygens (including phenoxy) is 3. The molecule has 0 N–H and O–H groups in total. The number of rotatable bonds is 5. The van der Waals surface area contributed by atoms with Crippen molar-refractivity contribution >= 4 is 10.1 Å². The predicted octanol–water partition coefficient (Wildman–Crippen LogP) is 2.08. The van der Waals surface area contributed by atoms with Crippen LogP contribution in [-0.4, -0.2) is 39.0 Å². The molecule has 2 bridgehead atoms. The van der Waals surface area contributed by atoms with Gasteiger partial charge in [0.2, 0.25) is 6.29 Å². The van der Waals surface area contributed by atoms with Crippen LogP contribution in [0.2, 0.25) is 0 Å². The van der Waals surface area contributed by atoms with Crippen LogP contribution in [0.3, 0.4) is 0 Å². The average Bonchev–Trinajstić information content (AvgIpc) is 2.94. The Kier molecular flexibility index (Phi) is 4.56. The van der Waals surface area contributed by atoms with Crippen molar-refractivity contribution in [3.05, 3.63) is 47.7 Å². The minimum Gasteiger partial charge on any atom is -0.375 e. The molecule has 0 aliphatic carbocycles. The highest BCUT2D eigenvalue weighted by Gasteiger charge is 2.51. The normalized spacial score (nSPS) is 27.0. The molecule has 2 heterocycles. The van der Waals surface area contributed by atoms with Crippen LogP contribution in [0.25, 0.3) is 0 Å². The van der Waals surface area contributed by atoms with Crippen LogP contribution in [0.5, 0.6) is 0 Å². The Morgan fingerprint density at radius 1 is 1.21 bits per heavy atom. The standard InChI is InChI=1S/C14H13F3O6S/c15-14(16,17)24(18,19)23-11-6-10(12-8-21-13(11)22-12)20-7-9-4-2-1-3-5-9/h1-6,10,12-13H,7-8H2/t10-,12?,13+/m0/s1. The second-order valence-corrected chi connectivity index (χ2v) is 6.69. The molecule has 2 aliphatic rings. The van der Waals surface area contributed by atoms with E-state index < -0.39 is 39.9 Å². The number of alkyl halides is 3. The number of halogens is 3. The minimum absolute atomic E-state index is 0.0551. The van der Waals surface area contributed by atoms with Gasteiger partial charge in [0, 0.05) is 0 Å². The monoisotopic (exact) mass is 366 g/mol. The summed E-state index contributed by atoms with van der Waals surface area (Å²) in [7, 11) is -5.80. The van der Waals surface area contributed by atoms with Crippen molar-refractivity contribution in [1.29, 1.82) is 0 Å². The predicted molar refractivity (Wildman–Crippen MR) is 73.8 cm³/mol. The van der Waals surface area contributed by atoms with Gasteiger partial charge in [0.05, 0.1) is 13.2 Å². The fourth-order valence-corrected chi connectivity index (χ4v) is 2.73. The van der Waals surface area contributed by atoms with E-state index in [0.717, 1.165) is 11.6 Å². The minimum atomic E-state index is -5.80. The van der Waals surface area contributed by atoms with E-state index in [4.69, 9.17) is 14.2 Å². The fourth-order valence-electron chi connectivity index (χ4n) is 2.25. The largest absolute Gasteiger partial charge is 0.534 e. The van der Waals surface area contributed by atoms with Crippen LogP contribution in [0.1, 0.15) is 5.56 Å². The molecule has 1 saturated heterocycles. The van der Waals surface area contributed by atoms with E-state index in [1.165, 1.54) is 0 Å². The van der Waals surface area contributed by atoms with Gasteiger partial charge in [0.1, 0.15) is 12.2 Å². The molecule has 1 unspecified atom stereocenters. The van der Waals surface area contributed by atoms with E-state index in [-0.39, 0.29) is 13.2 Å². The van der Waals surface area contributed by atoms with E-state index >= 15 is 0 Å². The smallest absolute Gasteiger partial charge is 0.375 e. The Balaban J connectivity index is 1.73. The zero-order valence-corrected chi connectivity index (χ0v) is 12.9. The Morgan fingerprint density at radius 3 is 2.58 bits per heavy atom. The lowest BCUT2D eigenvalue weighted by Gasteiger charge is -2.26. The molecule has 24 heavy (non-hydrogen) atoms. The van der Waals surface area contributed by atoms with Gasteiger partial charge in [0.15, 0.2) is 5.76 Å². The molecule has 0 radical (unpaired) electrons. The van der Waals surface area contributed by atoms with Crippen molar-refractivity contribution in [1.82, 2.24) is 0 Å². The zero-order chi connectivity index (χ0) is 17.4. The van der Waals surface area contributed by atoms with Gasteiger partial charge in [-0.1, -0.05) is 30.3 Å². The van der Waals surface area contributed by atoms with Gasteiger partial charge in [-0.05, 0) is 11.6 Å². The van der Waals surface area contributed by atoms with Crippen LogP contribution in [0, 0.1) is 0 Å². The molecule has 0 saturated carbocycles. The quantitative estimate of drug-likeness (QED) is 0.587. The van der Waals surface area contributed by atoms with Gasteiger partial charge in [-0.25, -0.2) is 0 Å². The van der Waals surface area contributed by atoms with Crippen molar-refractivity contribution < 1.29 is 40.0 Å². The first-order valence-corrected chi connectivity index (χ1v) is 8.32. The van der Waals surface area contributed by atoms with E-state index in [1.54, 1.807) is 0 Å². The van der Waals surface area contributed by atoms with Crippen LogP contribution in [0.15, 0.2) is 42.2 Å². The second kappa shape index (κ2) is 6.36. The maximum atomic E-state index is 12.4. The van der Waals surface area contributed by atoms with Crippen LogP contribution in [0.4, 0.5) is 13.2 Å². The van der Waals surface area contributed by atoms with Gasteiger partial charge in [-0.15, -0.1) is 0 Å². The summed E-state index contributed by atoms with van der Waals surface area (Å²) in [6.07, 6.45) is -1.47. The molecule has 2 aliphatic heterocycles. The third-order valence-corrected chi connectivity index (χ3v) is 4.39. The topological polar surface area (TPSA) is 71.1 Å². The van der Waals surface area contributed by atoms with Crippen LogP contribution in [-0.2, 0) is 35.1 Å². The van der Waals surface area contributed by atoms with Crippen molar-refractivity contribution in [3.8, 4) is 0 Å². The lowest BCUT2D eigenvalue weighted by molar-refractivity contribution is -0.101. The van der Waals surface area contributed by atoms with Crippen molar-refractivity contribution in [2.24, 2.45) is 0 Å². The van der Waals surface area contributed by atoms with Gasteiger partial charge in [-0.3, -0.25) is 0 Å². The first kappa shape index (κ1) is 17.2. The highest BCUT2D eigenvalue weighted by Crippen LogP contribution is 2.34. The number of benzene rings is 1. The molecule has 3 rings (SSSR count). The highest BCUT2D eigenvalue weighted by atomic mass is 32.2. The molecule has 132 valence electrons. The zero-order valence-electron chi connectivity index (χ0n) is 12.1. The Bertz CT molecular complexity index is 716.